The van der Waals surface area contributed by atoms with Crippen LogP contribution in [0.4, 0.5) is 30.9 Å². The van der Waals surface area contributed by atoms with Gasteiger partial charge in [0.25, 0.3) is 0 Å². The third kappa shape index (κ3) is 46.3. The number of nitro groups is 2. The molecule has 0 radical (unpaired) electrons. The zero-order chi connectivity index (χ0) is 87.1. The maximum atomic E-state index is 11.8. The molecule has 40 heteroatoms. The number of hydrazone groups is 1. The van der Waals surface area contributed by atoms with Gasteiger partial charge in [0.1, 0.15) is 76.8 Å². The molecule has 648 valence electrons. The topological polar surface area (TPSA) is 484 Å². The number of aliphatic hydroxyl groups excluding tert-OH is 2. The summed E-state index contributed by atoms with van der Waals surface area (Å²) in [5, 5.41) is 43.5. The molecule has 0 unspecified atom stereocenters. The maximum absolute atomic E-state index is 11.8. The van der Waals surface area contributed by atoms with Crippen LogP contribution in [0, 0.1) is 20.2 Å². The van der Waals surface area contributed by atoms with Crippen molar-refractivity contribution in [3.63, 3.8) is 0 Å². The van der Waals surface area contributed by atoms with Gasteiger partial charge in [-0.1, -0.05) is 91.0 Å². The maximum Gasteiger partial charge on any atom is 0.433 e. The molecule has 5 N–H and O–H groups in total. The van der Waals surface area contributed by atoms with Crippen LogP contribution in [0.3, 0.4) is 0 Å². The zero-order valence-corrected chi connectivity index (χ0v) is 69.6. The van der Waals surface area contributed by atoms with Crippen LogP contribution in [-0.4, -0.2) is 270 Å². The number of nitrogens with one attached hydrogen (secondary N) is 1. The van der Waals surface area contributed by atoms with E-state index in [4.69, 9.17) is 67.5 Å². The normalized spacial score (nSPS) is 17.3. The van der Waals surface area contributed by atoms with E-state index in [9.17, 15) is 68.5 Å². The summed E-state index contributed by atoms with van der Waals surface area (Å²) < 4.78 is 70.6. The van der Waals surface area contributed by atoms with Crippen LogP contribution in [0.5, 0.6) is 0 Å². The number of aldehydes is 1. The lowest BCUT2D eigenvalue weighted by Gasteiger charge is -2.21. The molecule has 10 rings (SSSR count). The highest BCUT2D eigenvalue weighted by atomic mass is 32.2. The van der Waals surface area contributed by atoms with Crippen LogP contribution in [0.2, 0.25) is 0 Å². The lowest BCUT2D eigenvalue weighted by molar-refractivity contribution is -0.402. The van der Waals surface area contributed by atoms with Gasteiger partial charge in [0.05, 0.1) is 110 Å². The number of nitrogens with zero attached hydrogens (tertiary/aromatic N) is 7. The minimum Gasteiger partial charge on any atom is -0.466 e. The van der Waals surface area contributed by atoms with E-state index in [1.807, 2.05) is 91.4 Å². The van der Waals surface area contributed by atoms with Crippen molar-refractivity contribution in [3.8, 4) is 0 Å². The van der Waals surface area contributed by atoms with Crippen molar-refractivity contribution in [2.45, 2.75) is 149 Å². The SMILES string of the molecule is CC(C)(C)OC(=O)CN1C[C@@H](CO)OC1=O.CC(C)(C)OC(=O)CN1C[C@@H](COCc2ccccc2)OC1=O.CCOC(C)=O.CSC[C@@H]1CN(/N=C/c2ccc([N+](=O)[O-])o2)C(=O)O1.CSC[C@@H]1CN(CC(=O)OC(C)(C)C)C(=O)O1.NNC[C@H](O)COCc1ccccc1.O=Cc1ccc([N+](=O)[O-])o1.c1ccc(COC[C@@H]2CO2)cc1. The summed E-state index contributed by atoms with van der Waals surface area (Å²) in [5.41, 5.74) is 4.09. The lowest BCUT2D eigenvalue weighted by Crippen LogP contribution is -2.36. The van der Waals surface area contributed by atoms with Crippen molar-refractivity contribution < 1.29 is 129 Å². The molecule has 3 aromatic carbocycles. The second-order valence-electron chi connectivity index (χ2n) is 28.3. The molecule has 5 fully saturated rings. The first kappa shape index (κ1) is 101. The zero-order valence-electron chi connectivity index (χ0n) is 68.0. The molecule has 0 saturated carbocycles. The molecule has 5 saturated heterocycles. The van der Waals surface area contributed by atoms with Crippen molar-refractivity contribution in [2.75, 3.05) is 116 Å². The quantitative estimate of drug-likeness (QED) is 0.00470. The molecule has 0 spiro atoms. The fourth-order valence-electron chi connectivity index (χ4n) is 9.38. The van der Waals surface area contributed by atoms with E-state index in [0.29, 0.717) is 84.0 Å². The van der Waals surface area contributed by atoms with E-state index >= 15 is 0 Å². The number of rotatable bonds is 31. The Kier molecular flexibility index (Phi) is 46.4. The third-order valence-corrected chi connectivity index (χ3v) is 15.6. The summed E-state index contributed by atoms with van der Waals surface area (Å²) in [6.45, 7) is 24.7. The lowest BCUT2D eigenvalue weighted by atomic mass is 10.2. The number of carbonyl (C=O) groups is 9. The van der Waals surface area contributed by atoms with Crippen LogP contribution >= 0.6 is 23.5 Å². The summed E-state index contributed by atoms with van der Waals surface area (Å²) in [6.07, 6.45) is 2.04. The van der Waals surface area contributed by atoms with Crippen LogP contribution in [0.25, 0.3) is 0 Å². The molecule has 6 atom stereocenters. The van der Waals surface area contributed by atoms with E-state index in [1.165, 1.54) is 51.6 Å². The Hall–Kier alpha value is -10.3. The molecule has 5 aromatic rings. The Labute approximate surface area is 687 Å². The molecule has 2 aromatic heterocycles. The van der Waals surface area contributed by atoms with E-state index in [1.54, 1.807) is 92.8 Å². The molecule has 0 aliphatic carbocycles. The van der Waals surface area contributed by atoms with Gasteiger partial charge in [-0.2, -0.15) is 33.6 Å². The number of thioether (sulfide) groups is 2. The van der Waals surface area contributed by atoms with E-state index in [2.05, 4.69) is 31.8 Å². The Morgan fingerprint density at radius 3 is 1.31 bits per heavy atom. The second kappa shape index (κ2) is 53.8. The van der Waals surface area contributed by atoms with Crippen LogP contribution in [-0.2, 0) is 95.8 Å². The van der Waals surface area contributed by atoms with Gasteiger partial charge in [-0.3, -0.25) is 70.2 Å². The van der Waals surface area contributed by atoms with Gasteiger partial charge in [0.2, 0.25) is 0 Å². The van der Waals surface area contributed by atoms with Gasteiger partial charge in [-0.05, 0) is 111 Å². The summed E-state index contributed by atoms with van der Waals surface area (Å²) >= 11 is 3.19. The Bertz CT molecular complexity index is 3840. The van der Waals surface area contributed by atoms with Gasteiger partial charge >= 0.3 is 60.0 Å². The van der Waals surface area contributed by atoms with Crippen LogP contribution < -0.4 is 11.3 Å². The summed E-state index contributed by atoms with van der Waals surface area (Å²) in [7, 11) is 0. The number of aliphatic hydroxyl groups is 2. The Balaban J connectivity index is 0.000000353. The van der Waals surface area contributed by atoms with Gasteiger partial charge < -0.3 is 75.9 Å². The summed E-state index contributed by atoms with van der Waals surface area (Å²) in [5.74, 6) is 4.33. The molecule has 0 bridgehead atoms. The van der Waals surface area contributed by atoms with E-state index in [-0.39, 0.29) is 74.5 Å². The number of nitrogens with two attached hydrogens (primary N) is 1. The van der Waals surface area contributed by atoms with E-state index < -0.39 is 87.0 Å². The highest BCUT2D eigenvalue weighted by Gasteiger charge is 2.37. The number of ether oxygens (including phenoxy) is 12. The van der Waals surface area contributed by atoms with Crippen LogP contribution in [0.1, 0.15) is 109 Å². The molecule has 7 heterocycles. The van der Waals surface area contributed by atoms with Gasteiger partial charge in [0, 0.05) is 25.0 Å². The van der Waals surface area contributed by atoms with E-state index in [0.717, 1.165) is 41.2 Å². The van der Waals surface area contributed by atoms with Crippen molar-refractivity contribution in [1.29, 1.82) is 0 Å². The van der Waals surface area contributed by atoms with Crippen molar-refractivity contribution in [1.82, 2.24) is 25.1 Å². The average Bonchev–Trinajstić information content (AvgIpc) is 1.73. The van der Waals surface area contributed by atoms with Crippen molar-refractivity contribution >= 4 is 96.0 Å². The standard InChI is InChI=1S/C17H23NO5.C11H19NO4S.C10H11N3O5S.C10H16N2O2.C10H17NO5.C10H12O2.C5H3NO4.C4H8O2/c1-17(2,3)23-15(19)10-18-9-14(22-16(18)20)12-21-11-13-7-5-4-6-8-13;1-11(2,3)16-9(13)6-12-5-8(7-17-4)15-10(12)14;1-19-6-8-5-12(10(14)18-8)11-4-7-2-3-9(17-7)13(15)16;11-12-6-10(13)8-14-7-9-4-2-1-3-5-9;1-10(2,3)16-8(13)5-11-4-7(6-12)15-9(11)14;1-2-4-9(5-3-1)6-11-7-10-8-12-10;7-3-4-1-2-5(10-4)6(8)9;1-3-6-4(2)5/h4-8,14H,9-12H2,1-3H3;8H,5-7H2,1-4H3;2-4,8H,5-6H2,1H3;1-5,10,12-13H,6-8,11H2;7,12H,4-6H2,1-3H3;1-5,10H,6-8H2;1-3H;3H2,1-2H3/b;;11-4+;;;;;/t14-;2*8-;10-;7-;10-;;/m000001../s1. The number of amides is 4. The van der Waals surface area contributed by atoms with Crippen molar-refractivity contribution in [3.05, 3.63) is 164 Å². The smallest absolute Gasteiger partial charge is 0.433 e. The number of furan rings is 2. The number of benzene rings is 3. The molecule has 5 aliphatic heterocycles. The van der Waals surface area contributed by atoms with Crippen molar-refractivity contribution in [2.24, 2.45) is 10.9 Å². The summed E-state index contributed by atoms with van der Waals surface area (Å²) in [6, 6.07) is 34.8. The van der Waals surface area contributed by atoms with Crippen LogP contribution in [0.15, 0.2) is 129 Å². The number of hydrazine groups is 1. The largest absolute Gasteiger partial charge is 0.466 e. The average molecular weight is 1690 g/mol. The number of epoxide rings is 1. The molecule has 5 aliphatic rings. The first-order valence-electron chi connectivity index (χ1n) is 36.6. The fourth-order valence-corrected chi connectivity index (χ4v) is 10.5. The first-order valence-corrected chi connectivity index (χ1v) is 39.4. The highest BCUT2D eigenvalue weighted by Crippen LogP contribution is 2.21. The predicted molar refractivity (Wildman–Crippen MR) is 426 cm³/mol. The minimum atomic E-state index is -0.701. The fraction of sp³-hybridized carbons (Fsp3) is 0.532. The molecule has 117 heavy (non-hydrogen) atoms. The molecule has 38 nitrogen and oxygen atoms in total. The first-order chi connectivity index (χ1) is 55.3. The monoisotopic (exact) mass is 1690 g/mol. The van der Waals surface area contributed by atoms with Gasteiger partial charge in [-0.15, -0.1) is 0 Å². The van der Waals surface area contributed by atoms with Gasteiger partial charge in [0.15, 0.2) is 17.8 Å². The molecular formula is C77H109N9O29S2. The highest BCUT2D eigenvalue weighted by molar-refractivity contribution is 7.98. The molecular weight excluding hydrogens is 1580 g/mol. The summed E-state index contributed by atoms with van der Waals surface area (Å²) in [4.78, 5) is 123. The number of cyclic esters (lactones) is 4. The Morgan fingerprint density at radius 1 is 0.581 bits per heavy atom. The number of hydrogen-bond donors (Lipinski definition) is 4. The third-order valence-electron chi connectivity index (χ3n) is 14.2. The number of carbonyl (C=O) groups excluding carboxylic acids is 9. The Morgan fingerprint density at radius 2 is 0.957 bits per heavy atom. The number of hydrogen-bond acceptors (Lipinski definition) is 34. The number of esters is 4. The predicted octanol–water partition coefficient (Wildman–Crippen LogP) is 8.92. The minimum absolute atomic E-state index is 0.0355. The molecule has 4 amide bonds. The second-order valence-corrected chi connectivity index (χ2v) is 30.1. The van der Waals surface area contributed by atoms with Gasteiger partial charge in [-0.25, -0.2) is 19.2 Å².